The van der Waals surface area contributed by atoms with Gasteiger partial charge in [0.05, 0.1) is 0 Å². The van der Waals surface area contributed by atoms with Crippen LogP contribution >= 0.6 is 0 Å². The van der Waals surface area contributed by atoms with Crippen molar-refractivity contribution in [3.8, 4) is 0 Å². The van der Waals surface area contributed by atoms with Gasteiger partial charge in [0, 0.05) is 18.8 Å². The largest absolute Gasteiger partial charge is 0.381 e. The van der Waals surface area contributed by atoms with Gasteiger partial charge in [0.25, 0.3) is 0 Å². The molecule has 0 aromatic carbocycles. The summed E-state index contributed by atoms with van der Waals surface area (Å²) in [7, 11) is 0. The summed E-state index contributed by atoms with van der Waals surface area (Å²) in [5.41, 5.74) is 0.446. The first kappa shape index (κ1) is 9.47. The molecule has 2 rings (SSSR count). The van der Waals surface area contributed by atoms with Crippen molar-refractivity contribution < 1.29 is 4.74 Å². The molecule has 0 aromatic rings. The van der Waals surface area contributed by atoms with Crippen LogP contribution in [0.2, 0.25) is 0 Å². The van der Waals surface area contributed by atoms with Crippen LogP contribution in [0, 0.1) is 5.92 Å². The Balaban J connectivity index is 1.81. The van der Waals surface area contributed by atoms with Gasteiger partial charge in [0.15, 0.2) is 0 Å². The lowest BCUT2D eigenvalue weighted by Crippen LogP contribution is -2.39. The molecule has 0 aromatic heterocycles. The molecule has 2 heteroatoms. The third-order valence-corrected chi connectivity index (χ3v) is 3.54. The van der Waals surface area contributed by atoms with E-state index in [2.05, 4.69) is 12.2 Å². The Morgan fingerprint density at radius 2 is 2.15 bits per heavy atom. The van der Waals surface area contributed by atoms with E-state index in [0.29, 0.717) is 5.54 Å². The standard InChI is InChI=1S/C11H21NO/c1-11(5-2-6-12-11)9-10-3-7-13-8-4-10/h10,12H,2-9H2,1H3. The van der Waals surface area contributed by atoms with Gasteiger partial charge in [-0.05, 0) is 51.5 Å². The van der Waals surface area contributed by atoms with Gasteiger partial charge >= 0.3 is 0 Å². The minimum Gasteiger partial charge on any atom is -0.381 e. The molecular weight excluding hydrogens is 162 g/mol. The highest BCUT2D eigenvalue weighted by atomic mass is 16.5. The molecule has 2 aliphatic rings. The minimum absolute atomic E-state index is 0.446. The third kappa shape index (κ3) is 2.44. The first-order valence-electron chi connectivity index (χ1n) is 5.61. The normalized spacial score (nSPS) is 36.7. The van der Waals surface area contributed by atoms with Crippen molar-refractivity contribution in [2.75, 3.05) is 19.8 Å². The molecule has 0 spiro atoms. The zero-order valence-electron chi connectivity index (χ0n) is 8.64. The zero-order valence-corrected chi connectivity index (χ0v) is 8.64. The lowest BCUT2D eigenvalue weighted by Gasteiger charge is -2.31. The number of rotatable bonds is 2. The lowest BCUT2D eigenvalue weighted by atomic mass is 9.84. The fourth-order valence-corrected chi connectivity index (χ4v) is 2.72. The van der Waals surface area contributed by atoms with Crippen molar-refractivity contribution in [3.63, 3.8) is 0 Å². The Kier molecular flexibility index (Phi) is 2.89. The summed E-state index contributed by atoms with van der Waals surface area (Å²) in [6, 6.07) is 0. The smallest absolute Gasteiger partial charge is 0.0468 e. The van der Waals surface area contributed by atoms with Gasteiger partial charge in [-0.15, -0.1) is 0 Å². The molecule has 2 nitrogen and oxygen atoms in total. The number of hydrogen-bond acceptors (Lipinski definition) is 2. The quantitative estimate of drug-likeness (QED) is 0.706. The van der Waals surface area contributed by atoms with E-state index in [1.165, 1.54) is 38.6 Å². The van der Waals surface area contributed by atoms with E-state index in [9.17, 15) is 0 Å². The third-order valence-electron chi connectivity index (χ3n) is 3.54. The van der Waals surface area contributed by atoms with E-state index < -0.39 is 0 Å². The number of ether oxygens (including phenoxy) is 1. The molecule has 2 fully saturated rings. The number of hydrogen-bond donors (Lipinski definition) is 1. The molecule has 0 radical (unpaired) electrons. The van der Waals surface area contributed by atoms with Gasteiger partial charge in [0.2, 0.25) is 0 Å². The molecular formula is C11H21NO. The van der Waals surface area contributed by atoms with Crippen LogP contribution in [-0.4, -0.2) is 25.3 Å². The van der Waals surface area contributed by atoms with E-state index in [1.54, 1.807) is 0 Å². The predicted octanol–water partition coefficient (Wildman–Crippen LogP) is 1.95. The molecule has 0 amide bonds. The van der Waals surface area contributed by atoms with E-state index in [1.807, 2.05) is 0 Å². The summed E-state index contributed by atoms with van der Waals surface area (Å²) in [5, 5.41) is 3.64. The predicted molar refractivity (Wildman–Crippen MR) is 53.8 cm³/mol. The van der Waals surface area contributed by atoms with Gasteiger partial charge in [-0.1, -0.05) is 0 Å². The van der Waals surface area contributed by atoms with Gasteiger partial charge < -0.3 is 10.1 Å². The average Bonchev–Trinajstić information content (AvgIpc) is 2.54. The Morgan fingerprint density at radius 3 is 2.77 bits per heavy atom. The molecule has 0 saturated carbocycles. The van der Waals surface area contributed by atoms with Crippen LogP contribution in [-0.2, 0) is 4.74 Å². The van der Waals surface area contributed by atoms with Gasteiger partial charge in [0.1, 0.15) is 0 Å². The van der Waals surface area contributed by atoms with Crippen LogP contribution in [0.5, 0.6) is 0 Å². The van der Waals surface area contributed by atoms with Crippen molar-refractivity contribution in [3.05, 3.63) is 0 Å². The second-order valence-electron chi connectivity index (χ2n) is 4.85. The summed E-state index contributed by atoms with van der Waals surface area (Å²) in [4.78, 5) is 0. The zero-order chi connectivity index (χ0) is 9.15. The molecule has 2 aliphatic heterocycles. The van der Waals surface area contributed by atoms with Crippen LogP contribution < -0.4 is 5.32 Å². The van der Waals surface area contributed by atoms with Crippen LogP contribution in [0.4, 0.5) is 0 Å². The Bertz CT molecular complexity index is 157. The highest BCUT2D eigenvalue weighted by molar-refractivity contribution is 4.90. The van der Waals surface area contributed by atoms with Crippen molar-refractivity contribution in [1.29, 1.82) is 0 Å². The SMILES string of the molecule is CC1(CC2CCOCC2)CCCN1. The van der Waals surface area contributed by atoms with Gasteiger partial charge in [-0.3, -0.25) is 0 Å². The number of nitrogens with one attached hydrogen (secondary N) is 1. The Morgan fingerprint density at radius 1 is 1.38 bits per heavy atom. The molecule has 76 valence electrons. The second kappa shape index (κ2) is 3.97. The fraction of sp³-hybridized carbons (Fsp3) is 1.00. The van der Waals surface area contributed by atoms with Crippen molar-refractivity contribution >= 4 is 0 Å². The Labute approximate surface area is 81.0 Å². The molecule has 13 heavy (non-hydrogen) atoms. The van der Waals surface area contributed by atoms with E-state index in [4.69, 9.17) is 4.74 Å². The first-order chi connectivity index (χ1) is 6.29. The summed E-state index contributed by atoms with van der Waals surface area (Å²) >= 11 is 0. The van der Waals surface area contributed by atoms with E-state index in [0.717, 1.165) is 19.1 Å². The van der Waals surface area contributed by atoms with Crippen LogP contribution in [0.3, 0.4) is 0 Å². The lowest BCUT2D eigenvalue weighted by molar-refractivity contribution is 0.0558. The Hall–Kier alpha value is -0.0800. The second-order valence-corrected chi connectivity index (χ2v) is 4.85. The first-order valence-corrected chi connectivity index (χ1v) is 5.61. The minimum atomic E-state index is 0.446. The fourth-order valence-electron chi connectivity index (χ4n) is 2.72. The summed E-state index contributed by atoms with van der Waals surface area (Å²) in [6.45, 7) is 5.58. The summed E-state index contributed by atoms with van der Waals surface area (Å²) in [5.74, 6) is 0.907. The van der Waals surface area contributed by atoms with Gasteiger partial charge in [-0.2, -0.15) is 0 Å². The van der Waals surface area contributed by atoms with E-state index in [-0.39, 0.29) is 0 Å². The van der Waals surface area contributed by atoms with Crippen molar-refractivity contribution in [1.82, 2.24) is 5.32 Å². The average molecular weight is 183 g/mol. The molecule has 0 aliphatic carbocycles. The highest BCUT2D eigenvalue weighted by Gasteiger charge is 2.31. The van der Waals surface area contributed by atoms with Crippen LogP contribution in [0.1, 0.15) is 39.0 Å². The van der Waals surface area contributed by atoms with Crippen LogP contribution in [0.15, 0.2) is 0 Å². The molecule has 1 unspecified atom stereocenters. The van der Waals surface area contributed by atoms with Crippen molar-refractivity contribution in [2.24, 2.45) is 5.92 Å². The summed E-state index contributed by atoms with van der Waals surface area (Å²) in [6.07, 6.45) is 6.63. The van der Waals surface area contributed by atoms with Gasteiger partial charge in [-0.25, -0.2) is 0 Å². The maximum Gasteiger partial charge on any atom is 0.0468 e. The topological polar surface area (TPSA) is 21.3 Å². The molecule has 1 atom stereocenters. The van der Waals surface area contributed by atoms with Crippen molar-refractivity contribution in [2.45, 2.75) is 44.6 Å². The van der Waals surface area contributed by atoms with E-state index >= 15 is 0 Å². The summed E-state index contributed by atoms with van der Waals surface area (Å²) < 4.78 is 5.38. The molecule has 0 bridgehead atoms. The maximum atomic E-state index is 5.38. The molecule has 1 N–H and O–H groups in total. The molecule has 2 heterocycles. The maximum absolute atomic E-state index is 5.38. The molecule has 2 saturated heterocycles. The monoisotopic (exact) mass is 183 g/mol. The highest BCUT2D eigenvalue weighted by Crippen LogP contribution is 2.30. The van der Waals surface area contributed by atoms with Crippen LogP contribution in [0.25, 0.3) is 0 Å².